The summed E-state index contributed by atoms with van der Waals surface area (Å²) in [4.78, 5) is 4.56. The highest BCUT2D eigenvalue weighted by atomic mass is 16.3. The second-order valence-corrected chi connectivity index (χ2v) is 10.5. The number of hydrogen-bond donors (Lipinski definition) is 0. The summed E-state index contributed by atoms with van der Waals surface area (Å²) >= 11 is 0. The van der Waals surface area contributed by atoms with Crippen LogP contribution in [0.1, 0.15) is 34.6 Å². The number of pyridine rings is 1. The molecule has 184 valence electrons. The van der Waals surface area contributed by atoms with Crippen LogP contribution in [-0.4, -0.2) is 4.98 Å². The van der Waals surface area contributed by atoms with E-state index in [0.717, 1.165) is 33.3 Å². The van der Waals surface area contributed by atoms with Crippen molar-refractivity contribution in [2.24, 2.45) is 5.41 Å². The fourth-order valence-electron chi connectivity index (χ4n) is 5.02. The van der Waals surface area contributed by atoms with E-state index in [2.05, 4.69) is 35.3 Å². The summed E-state index contributed by atoms with van der Waals surface area (Å²) in [7, 11) is 0. The SMILES string of the molecule is [2H]C([2H])(c1ccc(-c2ccccn2)c2oc3c(-c4ccc(-c5ccccc5)cc4)c(C#N)ccc3c12)C(C)(C)C. The zero-order valence-electron chi connectivity index (χ0n) is 23.6. The maximum Gasteiger partial charge on any atom is 0.145 e. The Morgan fingerprint density at radius 3 is 2.18 bits per heavy atom. The van der Waals surface area contributed by atoms with E-state index in [4.69, 9.17) is 7.16 Å². The molecule has 0 fully saturated rings. The number of fused-ring (bicyclic) bond motifs is 3. The minimum atomic E-state index is -1.66. The molecule has 3 nitrogen and oxygen atoms in total. The molecule has 0 amide bonds. The first-order valence-corrected chi connectivity index (χ1v) is 12.7. The van der Waals surface area contributed by atoms with E-state index >= 15 is 0 Å². The molecule has 0 saturated carbocycles. The lowest BCUT2D eigenvalue weighted by Gasteiger charge is -2.19. The van der Waals surface area contributed by atoms with Gasteiger partial charge in [-0.05, 0) is 64.4 Å². The Kier molecular flexibility index (Phi) is 5.25. The molecule has 0 saturated heterocycles. The smallest absolute Gasteiger partial charge is 0.145 e. The zero-order chi connectivity index (χ0) is 28.1. The van der Waals surface area contributed by atoms with E-state index < -0.39 is 11.8 Å². The third-order valence-electron chi connectivity index (χ3n) is 6.64. The first-order valence-electron chi connectivity index (χ1n) is 13.7. The number of nitriles is 1. The van der Waals surface area contributed by atoms with Crippen molar-refractivity contribution in [3.8, 4) is 39.6 Å². The number of nitrogens with zero attached hydrogens (tertiary/aromatic N) is 2. The van der Waals surface area contributed by atoms with Crippen molar-refractivity contribution in [1.82, 2.24) is 4.98 Å². The third kappa shape index (κ3) is 4.25. The van der Waals surface area contributed by atoms with Crippen LogP contribution in [0, 0.1) is 16.7 Å². The molecule has 0 atom stereocenters. The molecule has 4 aromatic carbocycles. The van der Waals surface area contributed by atoms with Crippen LogP contribution in [0.25, 0.3) is 55.4 Å². The van der Waals surface area contributed by atoms with Crippen molar-refractivity contribution < 1.29 is 7.16 Å². The van der Waals surface area contributed by atoms with Gasteiger partial charge in [0.2, 0.25) is 0 Å². The maximum atomic E-state index is 10.1. The summed E-state index contributed by atoms with van der Waals surface area (Å²) < 4.78 is 25.0. The van der Waals surface area contributed by atoms with Gasteiger partial charge >= 0.3 is 0 Å². The van der Waals surface area contributed by atoms with Crippen LogP contribution >= 0.6 is 0 Å². The van der Waals surface area contributed by atoms with Crippen LogP contribution in [0.4, 0.5) is 0 Å². The number of benzene rings is 4. The van der Waals surface area contributed by atoms with Crippen molar-refractivity contribution in [2.75, 3.05) is 0 Å². The molecule has 0 aliphatic heterocycles. The Bertz CT molecular complexity index is 1890. The minimum absolute atomic E-state index is 0.499. The van der Waals surface area contributed by atoms with Gasteiger partial charge in [0.25, 0.3) is 0 Å². The summed E-state index contributed by atoms with van der Waals surface area (Å²) in [6, 6.07) is 33.8. The predicted molar refractivity (Wildman–Crippen MR) is 156 cm³/mol. The van der Waals surface area contributed by atoms with Crippen LogP contribution in [0.15, 0.2) is 108 Å². The van der Waals surface area contributed by atoms with E-state index in [1.807, 2.05) is 93.6 Å². The fourth-order valence-corrected chi connectivity index (χ4v) is 5.02. The molecule has 2 heterocycles. The van der Waals surface area contributed by atoms with Crippen LogP contribution in [0.3, 0.4) is 0 Å². The van der Waals surface area contributed by atoms with Gasteiger partial charge in [-0.15, -0.1) is 0 Å². The normalized spacial score (nSPS) is 12.8. The predicted octanol–water partition coefficient (Wildman–Crippen LogP) is 9.44. The van der Waals surface area contributed by atoms with E-state index in [1.165, 1.54) is 0 Å². The van der Waals surface area contributed by atoms with Crippen LogP contribution in [0.5, 0.6) is 0 Å². The van der Waals surface area contributed by atoms with E-state index in [1.54, 1.807) is 6.20 Å². The molecule has 2 aromatic heterocycles. The maximum absolute atomic E-state index is 10.1. The first-order chi connectivity index (χ1) is 19.2. The van der Waals surface area contributed by atoms with Gasteiger partial charge in [-0.2, -0.15) is 5.26 Å². The molecule has 0 N–H and O–H groups in total. The molecule has 0 aliphatic rings. The first kappa shape index (κ1) is 21.4. The molecule has 0 radical (unpaired) electrons. The Balaban J connectivity index is 1.67. The average molecular weight is 495 g/mol. The van der Waals surface area contributed by atoms with Crippen LogP contribution in [0.2, 0.25) is 0 Å². The topological polar surface area (TPSA) is 49.8 Å². The fraction of sp³-hybridized carbons (Fsp3) is 0.143. The summed E-state index contributed by atoms with van der Waals surface area (Å²) in [6.07, 6.45) is 0.0791. The van der Waals surface area contributed by atoms with Crippen molar-refractivity contribution in [3.63, 3.8) is 0 Å². The van der Waals surface area contributed by atoms with Crippen LogP contribution < -0.4 is 0 Å². The summed E-state index contributed by atoms with van der Waals surface area (Å²) in [5.74, 6) is 0. The molecule has 6 rings (SSSR count). The van der Waals surface area contributed by atoms with Gasteiger partial charge in [0.15, 0.2) is 0 Å². The lowest BCUT2D eigenvalue weighted by atomic mass is 9.85. The highest BCUT2D eigenvalue weighted by Gasteiger charge is 2.23. The average Bonchev–Trinajstić information content (AvgIpc) is 3.36. The summed E-state index contributed by atoms with van der Waals surface area (Å²) in [6.45, 7) is 5.71. The molecule has 38 heavy (non-hydrogen) atoms. The Morgan fingerprint density at radius 2 is 1.50 bits per heavy atom. The lowest BCUT2D eigenvalue weighted by molar-refractivity contribution is 0.412. The number of furan rings is 1. The Labute approximate surface area is 225 Å². The van der Waals surface area contributed by atoms with Gasteiger partial charge in [0.1, 0.15) is 11.2 Å². The monoisotopic (exact) mass is 494 g/mol. The van der Waals surface area contributed by atoms with Gasteiger partial charge in [-0.3, -0.25) is 4.98 Å². The van der Waals surface area contributed by atoms with Gasteiger partial charge < -0.3 is 4.42 Å². The Hall–Kier alpha value is -4.68. The van der Waals surface area contributed by atoms with Gasteiger partial charge in [0.05, 0.1) is 17.3 Å². The second kappa shape index (κ2) is 9.32. The van der Waals surface area contributed by atoms with Gasteiger partial charge in [0, 0.05) is 30.8 Å². The van der Waals surface area contributed by atoms with E-state index in [-0.39, 0.29) is 0 Å². The Morgan fingerprint density at radius 1 is 0.789 bits per heavy atom. The van der Waals surface area contributed by atoms with E-state index in [0.29, 0.717) is 33.2 Å². The lowest BCUT2D eigenvalue weighted by Crippen LogP contribution is -2.09. The molecule has 3 heteroatoms. The summed E-state index contributed by atoms with van der Waals surface area (Å²) in [5.41, 5.74) is 6.80. The second-order valence-electron chi connectivity index (χ2n) is 10.5. The van der Waals surface area contributed by atoms with Crippen molar-refractivity contribution >= 4 is 21.9 Å². The molecular formula is C35H28N2O. The molecule has 0 bridgehead atoms. The zero-order valence-corrected chi connectivity index (χ0v) is 21.6. The van der Waals surface area contributed by atoms with Crippen molar-refractivity contribution in [1.29, 1.82) is 5.26 Å². The largest absolute Gasteiger partial charge is 0.455 e. The molecule has 0 unspecified atom stereocenters. The number of aromatic nitrogens is 1. The standard InChI is InChI=1S/C35H28N2O/c1-35(2,3)21-26-16-18-28(30-11-7-8-20-37-30)33-32(26)29-19-17-27(22-36)31(34(29)38-33)25-14-12-24(13-15-25)23-9-5-4-6-10-23/h4-20H,21H2,1-3H3/i21D2. The van der Waals surface area contributed by atoms with E-state index in [9.17, 15) is 5.26 Å². The number of rotatable bonds is 4. The highest BCUT2D eigenvalue weighted by molar-refractivity contribution is 6.15. The van der Waals surface area contributed by atoms with Gasteiger partial charge in [-0.1, -0.05) is 87.5 Å². The third-order valence-corrected chi connectivity index (χ3v) is 6.64. The highest BCUT2D eigenvalue weighted by Crippen LogP contribution is 2.43. The molecule has 0 aliphatic carbocycles. The van der Waals surface area contributed by atoms with Gasteiger partial charge in [-0.25, -0.2) is 0 Å². The molecule has 0 spiro atoms. The summed E-state index contributed by atoms with van der Waals surface area (Å²) in [5, 5.41) is 11.6. The van der Waals surface area contributed by atoms with Crippen LogP contribution in [-0.2, 0) is 6.37 Å². The minimum Gasteiger partial charge on any atom is -0.455 e. The molecular weight excluding hydrogens is 464 g/mol. The van der Waals surface area contributed by atoms with Crippen molar-refractivity contribution in [3.05, 3.63) is 114 Å². The number of hydrogen-bond acceptors (Lipinski definition) is 3. The quantitative estimate of drug-likeness (QED) is 0.245. The van der Waals surface area contributed by atoms with Crippen molar-refractivity contribution in [2.45, 2.75) is 27.1 Å². The molecule has 6 aromatic rings.